The third kappa shape index (κ3) is 2.75. The first-order valence-corrected chi connectivity index (χ1v) is 8.34. The van der Waals surface area contributed by atoms with Crippen LogP contribution in [0.5, 0.6) is 0 Å². The van der Waals surface area contributed by atoms with Crippen molar-refractivity contribution < 1.29 is 0 Å². The average molecular weight is 304 g/mol. The molecule has 2 aromatic rings. The predicted octanol–water partition coefficient (Wildman–Crippen LogP) is 1.32. The van der Waals surface area contributed by atoms with Gasteiger partial charge in [-0.25, -0.2) is 0 Å². The Labute approximate surface area is 128 Å². The number of para-hydroxylation sites is 1. The molecule has 112 valence electrons. The largest absolute Gasteiger partial charge is 0.339 e. The minimum absolute atomic E-state index is 0.210. The first-order chi connectivity index (χ1) is 10.3. The monoisotopic (exact) mass is 304 g/mol. The van der Waals surface area contributed by atoms with Gasteiger partial charge in [-0.2, -0.15) is 16.4 Å². The molecule has 1 aromatic heterocycles. The summed E-state index contributed by atoms with van der Waals surface area (Å²) in [7, 11) is 0. The number of nitrogens with zero attached hydrogens (tertiary/aromatic N) is 5. The minimum atomic E-state index is 0.210. The van der Waals surface area contributed by atoms with Gasteiger partial charge in [0.2, 0.25) is 5.95 Å². The summed E-state index contributed by atoms with van der Waals surface area (Å²) in [6, 6.07) is 9.99. The maximum Gasteiger partial charge on any atom is 0.250 e. The molecule has 2 heterocycles. The van der Waals surface area contributed by atoms with Crippen LogP contribution in [0.4, 0.5) is 5.95 Å². The number of piperidine rings is 1. The number of tetrazole rings is 1. The molecule has 0 saturated carbocycles. The second-order valence-electron chi connectivity index (χ2n) is 5.30. The molecule has 0 radical (unpaired) electrons. The van der Waals surface area contributed by atoms with E-state index in [1.165, 1.54) is 0 Å². The van der Waals surface area contributed by atoms with Crippen LogP contribution in [0.1, 0.15) is 12.8 Å². The molecule has 6 nitrogen and oxygen atoms in total. The van der Waals surface area contributed by atoms with Crippen LogP contribution in [0.25, 0.3) is 5.69 Å². The fourth-order valence-electron chi connectivity index (χ4n) is 2.72. The number of nitrogens with two attached hydrogens (primary N) is 1. The maximum absolute atomic E-state index is 5.95. The number of anilines is 1. The summed E-state index contributed by atoms with van der Waals surface area (Å²) in [5.41, 5.74) is 6.93. The highest BCUT2D eigenvalue weighted by atomic mass is 32.2. The summed E-state index contributed by atoms with van der Waals surface area (Å²) in [4.78, 5) is 2.25. The van der Waals surface area contributed by atoms with Crippen LogP contribution < -0.4 is 10.6 Å². The fourth-order valence-corrected chi connectivity index (χ4v) is 3.48. The lowest BCUT2D eigenvalue weighted by Crippen LogP contribution is -2.47. The lowest BCUT2D eigenvalue weighted by molar-refractivity contribution is 0.451. The minimum Gasteiger partial charge on any atom is -0.339 e. The van der Waals surface area contributed by atoms with E-state index in [4.69, 9.17) is 5.73 Å². The van der Waals surface area contributed by atoms with Crippen LogP contribution in [0, 0.1) is 0 Å². The summed E-state index contributed by atoms with van der Waals surface area (Å²) in [6.07, 6.45) is 4.27. The van der Waals surface area contributed by atoms with Gasteiger partial charge in [0, 0.05) is 24.4 Å². The van der Waals surface area contributed by atoms with Gasteiger partial charge in [0.05, 0.1) is 5.69 Å². The van der Waals surface area contributed by atoms with Crippen molar-refractivity contribution in [2.45, 2.75) is 17.6 Å². The molecule has 0 bridgehead atoms. The molecular weight excluding hydrogens is 284 g/mol. The summed E-state index contributed by atoms with van der Waals surface area (Å²) in [6.45, 7) is 2.60. The molecule has 0 spiro atoms. The van der Waals surface area contributed by atoms with Crippen molar-refractivity contribution in [3.05, 3.63) is 30.3 Å². The van der Waals surface area contributed by atoms with E-state index in [9.17, 15) is 0 Å². The van der Waals surface area contributed by atoms with Crippen molar-refractivity contribution in [1.82, 2.24) is 20.2 Å². The molecule has 1 aliphatic heterocycles. The van der Waals surface area contributed by atoms with E-state index >= 15 is 0 Å². The van der Waals surface area contributed by atoms with Gasteiger partial charge in [0.1, 0.15) is 0 Å². The zero-order valence-corrected chi connectivity index (χ0v) is 13.0. The lowest BCUT2D eigenvalue weighted by Gasteiger charge is -2.40. The van der Waals surface area contributed by atoms with Gasteiger partial charge in [0.25, 0.3) is 0 Å². The molecule has 3 rings (SSSR count). The van der Waals surface area contributed by atoms with Crippen LogP contribution in [-0.4, -0.2) is 50.8 Å². The quantitative estimate of drug-likeness (QED) is 0.918. The molecule has 1 aliphatic rings. The van der Waals surface area contributed by atoms with E-state index < -0.39 is 0 Å². The third-order valence-corrected chi connectivity index (χ3v) is 5.66. The second-order valence-corrected chi connectivity index (χ2v) is 6.58. The van der Waals surface area contributed by atoms with Crippen LogP contribution in [0.15, 0.2) is 30.3 Å². The number of rotatable bonds is 4. The van der Waals surface area contributed by atoms with E-state index in [1.54, 1.807) is 4.68 Å². The summed E-state index contributed by atoms with van der Waals surface area (Å²) >= 11 is 1.88. The van der Waals surface area contributed by atoms with Gasteiger partial charge in [0.15, 0.2) is 0 Å². The van der Waals surface area contributed by atoms with Gasteiger partial charge in [-0.1, -0.05) is 23.3 Å². The Morgan fingerprint density at radius 2 is 1.95 bits per heavy atom. The Kier molecular flexibility index (Phi) is 4.12. The Hall–Kier alpha value is -1.60. The average Bonchev–Trinajstić information content (AvgIpc) is 3.05. The zero-order valence-electron chi connectivity index (χ0n) is 12.1. The first-order valence-electron chi connectivity index (χ1n) is 7.12. The highest BCUT2D eigenvalue weighted by Gasteiger charge is 2.34. The summed E-state index contributed by atoms with van der Waals surface area (Å²) < 4.78 is 2.01. The van der Waals surface area contributed by atoms with Gasteiger partial charge >= 0.3 is 0 Å². The molecule has 2 N–H and O–H groups in total. The van der Waals surface area contributed by atoms with E-state index in [2.05, 4.69) is 26.7 Å². The molecule has 1 aromatic carbocycles. The zero-order chi connectivity index (χ0) is 14.7. The summed E-state index contributed by atoms with van der Waals surface area (Å²) in [5, 5.41) is 12.2. The van der Waals surface area contributed by atoms with Crippen molar-refractivity contribution in [2.24, 2.45) is 5.73 Å². The number of hydrogen-bond acceptors (Lipinski definition) is 6. The van der Waals surface area contributed by atoms with Crippen molar-refractivity contribution in [3.8, 4) is 5.69 Å². The highest BCUT2D eigenvalue weighted by Crippen LogP contribution is 2.34. The van der Waals surface area contributed by atoms with Gasteiger partial charge in [-0.3, -0.25) is 0 Å². The Morgan fingerprint density at radius 3 is 2.57 bits per heavy atom. The number of aromatic nitrogens is 4. The smallest absolute Gasteiger partial charge is 0.250 e. The Bertz CT molecular complexity index is 570. The maximum atomic E-state index is 5.95. The van der Waals surface area contributed by atoms with E-state index in [1.807, 2.05) is 42.1 Å². The third-order valence-electron chi connectivity index (χ3n) is 4.22. The first kappa shape index (κ1) is 14.3. The van der Waals surface area contributed by atoms with E-state index in [0.29, 0.717) is 0 Å². The molecule has 0 amide bonds. The SMILES string of the molecule is CSC1(CN)CCN(c2nnnn2-c2ccccc2)CC1. The van der Waals surface area contributed by atoms with Crippen molar-refractivity contribution in [1.29, 1.82) is 0 Å². The van der Waals surface area contributed by atoms with Crippen LogP contribution in [0.3, 0.4) is 0 Å². The van der Waals surface area contributed by atoms with Crippen LogP contribution >= 0.6 is 11.8 Å². The molecule has 1 fully saturated rings. The highest BCUT2D eigenvalue weighted by molar-refractivity contribution is 8.00. The van der Waals surface area contributed by atoms with Gasteiger partial charge in [-0.15, -0.1) is 0 Å². The molecular formula is C14H20N6S. The Balaban J connectivity index is 1.80. The predicted molar refractivity (Wildman–Crippen MR) is 85.9 cm³/mol. The molecule has 0 atom stereocenters. The molecule has 0 unspecified atom stereocenters. The van der Waals surface area contributed by atoms with Crippen molar-refractivity contribution in [2.75, 3.05) is 30.8 Å². The topological polar surface area (TPSA) is 72.9 Å². The number of thioether (sulfide) groups is 1. The standard InChI is InChI=1S/C14H20N6S/c1-21-14(11-15)7-9-19(10-8-14)13-16-17-18-20(13)12-5-3-2-4-6-12/h2-6H,7-11,15H2,1H3. The van der Waals surface area contributed by atoms with E-state index in [0.717, 1.165) is 44.1 Å². The van der Waals surface area contributed by atoms with Gasteiger partial charge < -0.3 is 10.6 Å². The van der Waals surface area contributed by atoms with Crippen molar-refractivity contribution >= 4 is 17.7 Å². The fraction of sp³-hybridized carbons (Fsp3) is 0.500. The van der Waals surface area contributed by atoms with E-state index in [-0.39, 0.29) is 4.75 Å². The Morgan fingerprint density at radius 1 is 1.24 bits per heavy atom. The number of benzene rings is 1. The molecule has 7 heteroatoms. The molecule has 0 aliphatic carbocycles. The summed E-state index contributed by atoms with van der Waals surface area (Å²) in [5.74, 6) is 0.813. The molecule has 1 saturated heterocycles. The van der Waals surface area contributed by atoms with Crippen LogP contribution in [0.2, 0.25) is 0 Å². The second kappa shape index (κ2) is 6.03. The lowest BCUT2D eigenvalue weighted by atomic mass is 9.96. The molecule has 21 heavy (non-hydrogen) atoms. The van der Waals surface area contributed by atoms with Crippen molar-refractivity contribution in [3.63, 3.8) is 0 Å². The normalized spacial score (nSPS) is 17.9. The number of hydrogen-bond donors (Lipinski definition) is 1. The van der Waals surface area contributed by atoms with Crippen LogP contribution in [-0.2, 0) is 0 Å². The van der Waals surface area contributed by atoms with Gasteiger partial charge in [-0.05, 0) is 41.7 Å².